The molecule has 0 amide bonds. The molecule has 9 aromatic carbocycles. The van der Waals surface area contributed by atoms with E-state index in [2.05, 4.69) is 209 Å². The molecule has 2 aromatic heterocycles. The average Bonchev–Trinajstić information content (AvgIpc) is 3.80. The Morgan fingerprint density at radius 2 is 0.825 bits per heavy atom. The maximum atomic E-state index is 6.72. The molecule has 0 radical (unpaired) electrons. The standard InChI is InChI=1S/C54H34N2O/c1-3-11-35(12-4-1)40-25-31-49-46(33-40)47-34-41(36-13-5-2-6-14-36)26-32-50(47)55(49)42-27-23-38(24-28-42)37-19-21-39(22-20-37)43-29-30-45-44-15-7-8-16-48(44)56-51-17-9-10-18-52(51)57-54(43)53(45)56/h1-34H. The van der Waals surface area contributed by atoms with Crippen molar-refractivity contribution in [1.29, 1.82) is 0 Å². The molecule has 3 heterocycles. The summed E-state index contributed by atoms with van der Waals surface area (Å²) in [5.41, 5.74) is 16.3. The predicted molar refractivity (Wildman–Crippen MR) is 237 cm³/mol. The van der Waals surface area contributed by atoms with Gasteiger partial charge in [0.2, 0.25) is 0 Å². The minimum absolute atomic E-state index is 0.869. The van der Waals surface area contributed by atoms with E-state index in [4.69, 9.17) is 4.74 Å². The second kappa shape index (κ2) is 12.5. The number of aromatic nitrogens is 2. The van der Waals surface area contributed by atoms with Gasteiger partial charge in [-0.05, 0) is 99.6 Å². The van der Waals surface area contributed by atoms with E-state index < -0.39 is 0 Å². The van der Waals surface area contributed by atoms with E-state index in [1.807, 2.05) is 6.07 Å². The van der Waals surface area contributed by atoms with Gasteiger partial charge in [-0.2, -0.15) is 0 Å². The summed E-state index contributed by atoms with van der Waals surface area (Å²) in [6, 6.07) is 74.3. The fourth-order valence-electron chi connectivity index (χ4n) is 9.01. The first kappa shape index (κ1) is 31.7. The third-order valence-corrected chi connectivity index (χ3v) is 11.7. The SMILES string of the molecule is c1ccc(-c2ccc3c(c2)c2cc(-c4ccccc4)ccc2n3-c2ccc(-c3ccc(-c4ccc5c6ccccc6n6c5c4Oc4ccccc4-6)cc3)cc2)cc1. The molecular formula is C54H34N2O. The van der Waals surface area contributed by atoms with E-state index in [9.17, 15) is 0 Å². The summed E-state index contributed by atoms with van der Waals surface area (Å²) >= 11 is 0. The topological polar surface area (TPSA) is 19.1 Å². The van der Waals surface area contributed by atoms with Crippen molar-refractivity contribution in [3.63, 3.8) is 0 Å². The second-order valence-corrected chi connectivity index (χ2v) is 14.9. The van der Waals surface area contributed by atoms with Crippen molar-refractivity contribution in [1.82, 2.24) is 9.13 Å². The van der Waals surface area contributed by atoms with Crippen LogP contribution in [0.3, 0.4) is 0 Å². The number of nitrogens with zero attached hydrogens (tertiary/aromatic N) is 2. The molecule has 3 heteroatoms. The number of hydrogen-bond acceptors (Lipinski definition) is 1. The molecule has 0 fully saturated rings. The molecule has 0 aliphatic carbocycles. The Morgan fingerprint density at radius 1 is 0.316 bits per heavy atom. The zero-order valence-electron chi connectivity index (χ0n) is 30.9. The Bertz CT molecular complexity index is 3240. The first-order valence-corrected chi connectivity index (χ1v) is 19.5. The molecule has 0 bridgehead atoms. The van der Waals surface area contributed by atoms with Gasteiger partial charge in [0.25, 0.3) is 0 Å². The lowest BCUT2D eigenvalue weighted by atomic mass is 9.98. The Morgan fingerprint density at radius 3 is 1.49 bits per heavy atom. The average molecular weight is 727 g/mol. The summed E-state index contributed by atoms with van der Waals surface area (Å²) in [5.74, 6) is 1.77. The molecule has 0 saturated heterocycles. The van der Waals surface area contributed by atoms with Crippen LogP contribution in [0, 0.1) is 0 Å². The highest BCUT2D eigenvalue weighted by atomic mass is 16.5. The lowest BCUT2D eigenvalue weighted by Crippen LogP contribution is -2.04. The number of fused-ring (bicyclic) bond motifs is 8. The van der Waals surface area contributed by atoms with Gasteiger partial charge in [-0.15, -0.1) is 0 Å². The minimum Gasteiger partial charge on any atom is -0.452 e. The van der Waals surface area contributed by atoms with Gasteiger partial charge in [-0.25, -0.2) is 0 Å². The van der Waals surface area contributed by atoms with Crippen molar-refractivity contribution in [3.8, 4) is 67.4 Å². The maximum absolute atomic E-state index is 6.72. The van der Waals surface area contributed by atoms with Crippen molar-refractivity contribution in [2.45, 2.75) is 0 Å². The summed E-state index contributed by atoms with van der Waals surface area (Å²) in [6.45, 7) is 0. The third-order valence-electron chi connectivity index (χ3n) is 11.7. The number of hydrogen-bond donors (Lipinski definition) is 0. The number of ether oxygens (including phenoxy) is 1. The molecule has 266 valence electrons. The van der Waals surface area contributed by atoms with E-state index in [0.29, 0.717) is 0 Å². The van der Waals surface area contributed by atoms with Gasteiger partial charge in [0, 0.05) is 32.8 Å². The smallest absolute Gasteiger partial charge is 0.160 e. The van der Waals surface area contributed by atoms with Crippen molar-refractivity contribution in [3.05, 3.63) is 206 Å². The molecule has 11 aromatic rings. The molecule has 0 saturated carbocycles. The maximum Gasteiger partial charge on any atom is 0.160 e. The fraction of sp³-hybridized carbons (Fsp3) is 0. The minimum atomic E-state index is 0.869. The normalized spacial score (nSPS) is 12.0. The summed E-state index contributed by atoms with van der Waals surface area (Å²) in [4.78, 5) is 0. The number of para-hydroxylation sites is 3. The summed E-state index contributed by atoms with van der Waals surface area (Å²) < 4.78 is 11.5. The van der Waals surface area contributed by atoms with Gasteiger partial charge in [0.15, 0.2) is 11.5 Å². The van der Waals surface area contributed by atoms with Gasteiger partial charge < -0.3 is 13.9 Å². The molecular weight excluding hydrogens is 693 g/mol. The van der Waals surface area contributed by atoms with Gasteiger partial charge >= 0.3 is 0 Å². The summed E-state index contributed by atoms with van der Waals surface area (Å²) in [5, 5.41) is 4.92. The van der Waals surface area contributed by atoms with Gasteiger partial charge in [0.05, 0.1) is 27.8 Å². The monoisotopic (exact) mass is 726 g/mol. The third kappa shape index (κ3) is 4.92. The van der Waals surface area contributed by atoms with Crippen LogP contribution in [0.25, 0.3) is 99.5 Å². The first-order chi connectivity index (χ1) is 28.3. The van der Waals surface area contributed by atoms with E-state index in [0.717, 1.165) is 39.5 Å². The molecule has 0 atom stereocenters. The Kier molecular flexibility index (Phi) is 6.93. The number of benzene rings is 9. The van der Waals surface area contributed by atoms with Crippen molar-refractivity contribution >= 4 is 43.6 Å². The highest BCUT2D eigenvalue weighted by molar-refractivity contribution is 6.14. The first-order valence-electron chi connectivity index (χ1n) is 19.5. The molecule has 3 nitrogen and oxygen atoms in total. The molecule has 0 unspecified atom stereocenters. The Balaban J connectivity index is 0.930. The van der Waals surface area contributed by atoms with Gasteiger partial charge in [-0.1, -0.05) is 146 Å². The fourth-order valence-corrected chi connectivity index (χ4v) is 9.01. The van der Waals surface area contributed by atoms with Gasteiger partial charge in [-0.3, -0.25) is 0 Å². The Labute approximate surface area is 329 Å². The van der Waals surface area contributed by atoms with Crippen molar-refractivity contribution < 1.29 is 4.74 Å². The lowest BCUT2D eigenvalue weighted by molar-refractivity contribution is 0.478. The van der Waals surface area contributed by atoms with E-state index in [1.54, 1.807) is 0 Å². The predicted octanol–water partition coefficient (Wildman–Crippen LogP) is 14.7. The number of rotatable bonds is 5. The molecule has 12 rings (SSSR count). The highest BCUT2D eigenvalue weighted by Gasteiger charge is 2.26. The summed E-state index contributed by atoms with van der Waals surface area (Å²) in [7, 11) is 0. The van der Waals surface area contributed by atoms with Gasteiger partial charge in [0.1, 0.15) is 0 Å². The van der Waals surface area contributed by atoms with Crippen LogP contribution in [0.5, 0.6) is 11.5 Å². The van der Waals surface area contributed by atoms with Crippen LogP contribution in [0.15, 0.2) is 206 Å². The largest absolute Gasteiger partial charge is 0.452 e. The van der Waals surface area contributed by atoms with Crippen LogP contribution in [0.2, 0.25) is 0 Å². The molecule has 0 spiro atoms. The highest BCUT2D eigenvalue weighted by Crippen LogP contribution is 2.49. The van der Waals surface area contributed by atoms with Crippen LogP contribution in [0.1, 0.15) is 0 Å². The molecule has 1 aliphatic rings. The van der Waals surface area contributed by atoms with Crippen molar-refractivity contribution in [2.24, 2.45) is 0 Å². The van der Waals surface area contributed by atoms with E-state index in [1.165, 1.54) is 71.5 Å². The second-order valence-electron chi connectivity index (χ2n) is 14.9. The van der Waals surface area contributed by atoms with Crippen LogP contribution in [0.4, 0.5) is 0 Å². The Hall–Kier alpha value is -7.62. The molecule has 0 N–H and O–H groups in total. The van der Waals surface area contributed by atoms with Crippen molar-refractivity contribution in [2.75, 3.05) is 0 Å². The van der Waals surface area contributed by atoms with E-state index >= 15 is 0 Å². The van der Waals surface area contributed by atoms with Crippen LogP contribution in [-0.4, -0.2) is 9.13 Å². The molecule has 1 aliphatic heterocycles. The molecule has 57 heavy (non-hydrogen) atoms. The zero-order valence-corrected chi connectivity index (χ0v) is 30.9. The van der Waals surface area contributed by atoms with Crippen LogP contribution < -0.4 is 4.74 Å². The quantitative estimate of drug-likeness (QED) is 0.173. The van der Waals surface area contributed by atoms with Crippen LogP contribution >= 0.6 is 0 Å². The van der Waals surface area contributed by atoms with E-state index in [-0.39, 0.29) is 0 Å². The summed E-state index contributed by atoms with van der Waals surface area (Å²) in [6.07, 6.45) is 0. The van der Waals surface area contributed by atoms with Crippen LogP contribution in [-0.2, 0) is 0 Å². The zero-order chi connectivity index (χ0) is 37.5. The lowest BCUT2D eigenvalue weighted by Gasteiger charge is -2.23.